The zero-order valence-electron chi connectivity index (χ0n) is 13.1. The van der Waals surface area contributed by atoms with Crippen molar-refractivity contribution >= 4 is 17.7 Å². The van der Waals surface area contributed by atoms with E-state index in [-0.39, 0.29) is 46.9 Å². The quantitative estimate of drug-likeness (QED) is 0.543. The normalized spacial score (nSPS) is 9.83. The molecule has 9 heteroatoms. The van der Waals surface area contributed by atoms with Crippen LogP contribution in [0.4, 0.5) is 11.8 Å². The minimum absolute atomic E-state index is 0. The number of carboxylic acids is 1. The zero-order valence-corrected chi connectivity index (χ0v) is 15.1. The van der Waals surface area contributed by atoms with Crippen molar-refractivity contribution in [1.29, 1.82) is 0 Å². The predicted octanol–water partition coefficient (Wildman–Crippen LogP) is -3.38. The number of nitrogens with two attached hydrogens (primary N) is 2. The van der Waals surface area contributed by atoms with Gasteiger partial charge in [-0.05, 0) is 12.1 Å². The second kappa shape index (κ2) is 8.00. The summed E-state index contributed by atoms with van der Waals surface area (Å²) in [5.74, 6) is -0.323. The molecule has 1 aromatic carbocycles. The number of aromatic nitrogens is 2. The Morgan fingerprint density at radius 3 is 2.22 bits per heavy atom. The summed E-state index contributed by atoms with van der Waals surface area (Å²) in [5, 5.41) is 11.0. The van der Waals surface area contributed by atoms with Crippen LogP contribution in [0.5, 0.6) is 11.5 Å². The standard InChI is InChI=1S/C14H16N4O4.Na/c1-21-10-4-7(13(19)20)5-11(22-2)9(10)3-8-6-17-14(16)18-12(8)15;/h4-6H,3H2,1-2H3,(H,19,20)(H4,15,16,17,18);/q;+1/p-1. The summed E-state index contributed by atoms with van der Waals surface area (Å²) in [5.41, 5.74) is 12.5. The molecule has 0 radical (unpaired) electrons. The number of methoxy groups -OCH3 is 2. The first-order chi connectivity index (χ1) is 10.5. The SMILES string of the molecule is COc1cc(C(=O)[O-])cc(OC)c1Cc1cnc(N)nc1N.[Na+]. The third kappa shape index (κ3) is 4.25. The van der Waals surface area contributed by atoms with Crippen molar-refractivity contribution in [3.05, 3.63) is 35.0 Å². The monoisotopic (exact) mass is 326 g/mol. The summed E-state index contributed by atoms with van der Waals surface area (Å²) >= 11 is 0. The van der Waals surface area contributed by atoms with Crippen LogP contribution in [0.15, 0.2) is 18.3 Å². The van der Waals surface area contributed by atoms with Crippen LogP contribution in [0, 0.1) is 0 Å². The van der Waals surface area contributed by atoms with Crippen molar-refractivity contribution in [2.75, 3.05) is 25.7 Å². The second-order valence-electron chi connectivity index (χ2n) is 4.46. The average Bonchev–Trinajstić information content (AvgIpc) is 2.49. The Bertz CT molecular complexity index is 699. The Morgan fingerprint density at radius 1 is 1.22 bits per heavy atom. The Kier molecular flexibility index (Phi) is 6.62. The van der Waals surface area contributed by atoms with E-state index in [1.807, 2.05) is 0 Å². The molecule has 0 atom stereocenters. The number of aromatic carboxylic acids is 1. The maximum Gasteiger partial charge on any atom is 1.00 e. The van der Waals surface area contributed by atoms with Gasteiger partial charge in [0.05, 0.1) is 20.2 Å². The van der Waals surface area contributed by atoms with Crippen molar-refractivity contribution in [3.63, 3.8) is 0 Å². The van der Waals surface area contributed by atoms with E-state index in [9.17, 15) is 9.90 Å². The molecule has 0 aliphatic carbocycles. The summed E-state index contributed by atoms with van der Waals surface area (Å²) in [4.78, 5) is 18.8. The molecule has 8 nitrogen and oxygen atoms in total. The fourth-order valence-electron chi connectivity index (χ4n) is 2.04. The summed E-state index contributed by atoms with van der Waals surface area (Å²) < 4.78 is 10.5. The van der Waals surface area contributed by atoms with Gasteiger partial charge in [0.15, 0.2) is 0 Å². The molecule has 116 valence electrons. The van der Waals surface area contributed by atoms with E-state index in [2.05, 4.69) is 9.97 Å². The van der Waals surface area contributed by atoms with Crippen LogP contribution in [0.25, 0.3) is 0 Å². The van der Waals surface area contributed by atoms with Gasteiger partial charge in [-0.2, -0.15) is 4.98 Å². The van der Waals surface area contributed by atoms with Crippen molar-refractivity contribution in [3.8, 4) is 11.5 Å². The number of carboxylic acid groups (broad SMARTS) is 1. The maximum atomic E-state index is 11.0. The number of nitrogen functional groups attached to an aromatic ring is 2. The van der Waals surface area contributed by atoms with Crippen LogP contribution in [-0.2, 0) is 6.42 Å². The van der Waals surface area contributed by atoms with Crippen LogP contribution >= 0.6 is 0 Å². The van der Waals surface area contributed by atoms with Gasteiger partial charge in [0.25, 0.3) is 0 Å². The van der Waals surface area contributed by atoms with Gasteiger partial charge < -0.3 is 30.8 Å². The molecule has 23 heavy (non-hydrogen) atoms. The van der Waals surface area contributed by atoms with Crippen LogP contribution < -0.4 is 55.6 Å². The Morgan fingerprint density at radius 2 is 1.78 bits per heavy atom. The van der Waals surface area contributed by atoms with Crippen molar-refractivity contribution in [2.45, 2.75) is 6.42 Å². The van der Waals surface area contributed by atoms with Gasteiger partial charge in [-0.3, -0.25) is 0 Å². The van der Waals surface area contributed by atoms with Gasteiger partial charge >= 0.3 is 29.6 Å². The van der Waals surface area contributed by atoms with Gasteiger partial charge in [0.1, 0.15) is 17.3 Å². The summed E-state index contributed by atoms with van der Waals surface area (Å²) in [7, 11) is 2.86. The van der Waals surface area contributed by atoms with E-state index < -0.39 is 5.97 Å². The minimum Gasteiger partial charge on any atom is -0.545 e. The fourth-order valence-corrected chi connectivity index (χ4v) is 2.04. The second-order valence-corrected chi connectivity index (χ2v) is 4.46. The fraction of sp³-hybridized carbons (Fsp3) is 0.214. The summed E-state index contributed by atoms with van der Waals surface area (Å²) in [6.45, 7) is 0. The van der Waals surface area contributed by atoms with Gasteiger partial charge in [-0.15, -0.1) is 0 Å². The maximum absolute atomic E-state index is 11.0. The number of carbonyl (C=O) groups excluding carboxylic acids is 1. The Hall–Kier alpha value is -2.03. The predicted molar refractivity (Wildman–Crippen MR) is 77.5 cm³/mol. The largest absolute Gasteiger partial charge is 1.00 e. The molecule has 2 rings (SSSR count). The van der Waals surface area contributed by atoms with Crippen molar-refractivity contribution in [1.82, 2.24) is 9.97 Å². The Labute approximate surface area is 155 Å². The minimum atomic E-state index is -1.32. The summed E-state index contributed by atoms with van der Waals surface area (Å²) in [6.07, 6.45) is 1.80. The molecule has 0 spiro atoms. The van der Waals surface area contributed by atoms with Crippen molar-refractivity contribution in [2.24, 2.45) is 0 Å². The van der Waals surface area contributed by atoms with E-state index in [0.29, 0.717) is 29.0 Å². The zero-order chi connectivity index (χ0) is 16.3. The molecule has 0 amide bonds. The molecule has 0 fully saturated rings. The van der Waals surface area contributed by atoms with Crippen LogP contribution in [0.2, 0.25) is 0 Å². The Balaban J connectivity index is 0.00000264. The molecule has 2 aromatic rings. The molecule has 0 unspecified atom stereocenters. The number of carbonyl (C=O) groups is 1. The molecule has 0 bridgehead atoms. The molecule has 1 aromatic heterocycles. The van der Waals surface area contributed by atoms with Gasteiger partial charge in [0.2, 0.25) is 5.95 Å². The van der Waals surface area contributed by atoms with Crippen LogP contribution in [-0.4, -0.2) is 30.2 Å². The first-order valence-electron chi connectivity index (χ1n) is 6.29. The molecule has 0 aliphatic rings. The molecular weight excluding hydrogens is 311 g/mol. The van der Waals surface area contributed by atoms with E-state index in [4.69, 9.17) is 20.9 Å². The topological polar surface area (TPSA) is 136 Å². The van der Waals surface area contributed by atoms with Gasteiger partial charge in [-0.1, -0.05) is 0 Å². The molecule has 0 saturated carbocycles. The molecule has 0 saturated heterocycles. The van der Waals surface area contributed by atoms with Crippen LogP contribution in [0.3, 0.4) is 0 Å². The number of rotatable bonds is 5. The van der Waals surface area contributed by atoms with Crippen LogP contribution in [0.1, 0.15) is 21.5 Å². The number of benzene rings is 1. The average molecular weight is 326 g/mol. The molecule has 0 aliphatic heterocycles. The molecular formula is C14H15N4NaO4. The van der Waals surface area contributed by atoms with E-state index in [0.717, 1.165) is 0 Å². The van der Waals surface area contributed by atoms with E-state index in [1.165, 1.54) is 32.5 Å². The third-order valence-corrected chi connectivity index (χ3v) is 3.13. The van der Waals surface area contributed by atoms with E-state index >= 15 is 0 Å². The van der Waals surface area contributed by atoms with E-state index in [1.54, 1.807) is 0 Å². The number of nitrogens with zero attached hydrogens (tertiary/aromatic N) is 2. The first kappa shape index (κ1) is 19.0. The molecule has 1 heterocycles. The summed E-state index contributed by atoms with van der Waals surface area (Å²) in [6, 6.07) is 2.73. The number of anilines is 2. The molecule has 4 N–H and O–H groups in total. The van der Waals surface area contributed by atoms with Gasteiger partial charge in [0, 0.05) is 29.3 Å². The number of hydrogen-bond acceptors (Lipinski definition) is 8. The smallest absolute Gasteiger partial charge is 0.545 e. The van der Waals surface area contributed by atoms with Gasteiger partial charge in [-0.25, -0.2) is 4.98 Å². The third-order valence-electron chi connectivity index (χ3n) is 3.13. The number of ether oxygens (including phenoxy) is 2. The number of hydrogen-bond donors (Lipinski definition) is 2. The first-order valence-corrected chi connectivity index (χ1v) is 6.29. The van der Waals surface area contributed by atoms with Crippen molar-refractivity contribution < 1.29 is 48.9 Å².